The Morgan fingerprint density at radius 3 is 2.73 bits per heavy atom. The van der Waals surface area contributed by atoms with Gasteiger partial charge in [-0.05, 0) is 38.1 Å². The minimum Gasteiger partial charge on any atom is -0.339 e. The van der Waals surface area contributed by atoms with Gasteiger partial charge in [-0.25, -0.2) is 4.98 Å². The number of nitrogens with zero attached hydrogens (tertiary/aromatic N) is 1. The molecule has 0 amide bonds. The molecule has 2 heteroatoms. The highest BCUT2D eigenvalue weighted by molar-refractivity contribution is 6.05. The summed E-state index contributed by atoms with van der Waals surface area (Å²) in [7, 11) is 0. The van der Waals surface area contributed by atoms with Gasteiger partial charge in [-0.15, -0.1) is 0 Å². The van der Waals surface area contributed by atoms with E-state index in [1.54, 1.807) is 0 Å². The van der Waals surface area contributed by atoms with Crippen molar-refractivity contribution in [2.45, 2.75) is 13.8 Å². The number of rotatable bonds is 0. The summed E-state index contributed by atoms with van der Waals surface area (Å²) in [4.78, 5) is 7.82. The molecule has 0 atom stereocenters. The van der Waals surface area contributed by atoms with Crippen molar-refractivity contribution in [1.29, 1.82) is 0 Å². The Morgan fingerprint density at radius 2 is 1.87 bits per heavy atom. The third kappa shape index (κ3) is 1.22. The zero-order valence-corrected chi connectivity index (χ0v) is 8.83. The molecule has 0 aliphatic rings. The van der Waals surface area contributed by atoms with Crippen LogP contribution in [0.5, 0.6) is 0 Å². The van der Waals surface area contributed by atoms with E-state index in [1.807, 2.05) is 6.92 Å². The molecule has 0 aliphatic carbocycles. The van der Waals surface area contributed by atoms with Crippen molar-refractivity contribution < 1.29 is 0 Å². The van der Waals surface area contributed by atoms with Crippen molar-refractivity contribution in [3.8, 4) is 0 Å². The van der Waals surface area contributed by atoms with E-state index in [9.17, 15) is 0 Å². The van der Waals surface area contributed by atoms with Gasteiger partial charge in [0.25, 0.3) is 0 Å². The maximum absolute atomic E-state index is 4.49. The Morgan fingerprint density at radius 1 is 1.00 bits per heavy atom. The number of pyridine rings is 1. The third-order valence-electron chi connectivity index (χ3n) is 2.75. The first-order chi connectivity index (χ1) is 7.24. The first kappa shape index (κ1) is 8.48. The first-order valence-electron chi connectivity index (χ1n) is 5.10. The Labute approximate surface area is 88.0 Å². The molecule has 15 heavy (non-hydrogen) atoms. The summed E-state index contributed by atoms with van der Waals surface area (Å²) < 4.78 is 0. The Hall–Kier alpha value is -1.83. The second-order valence-corrected chi connectivity index (χ2v) is 4.02. The maximum atomic E-state index is 4.49. The highest BCUT2D eigenvalue weighted by Gasteiger charge is 2.04. The van der Waals surface area contributed by atoms with Gasteiger partial charge in [0.15, 0.2) is 0 Å². The molecule has 3 rings (SSSR count). The SMILES string of the molecule is Cc1ccc2[nH]c3nc(C)ccc3c2c1. The lowest BCUT2D eigenvalue weighted by Gasteiger charge is -1.93. The van der Waals surface area contributed by atoms with Crippen LogP contribution in [0, 0.1) is 13.8 Å². The molecule has 1 aromatic carbocycles. The van der Waals surface area contributed by atoms with E-state index in [-0.39, 0.29) is 0 Å². The van der Waals surface area contributed by atoms with Crippen molar-refractivity contribution in [1.82, 2.24) is 9.97 Å². The molecule has 74 valence electrons. The first-order valence-corrected chi connectivity index (χ1v) is 5.10. The highest BCUT2D eigenvalue weighted by atomic mass is 14.9. The number of benzene rings is 1. The van der Waals surface area contributed by atoms with Crippen LogP contribution in [0.2, 0.25) is 0 Å². The van der Waals surface area contributed by atoms with Gasteiger partial charge in [0.2, 0.25) is 0 Å². The van der Waals surface area contributed by atoms with Crippen LogP contribution in [-0.2, 0) is 0 Å². The number of aryl methyl sites for hydroxylation is 2. The number of H-pyrrole nitrogens is 1. The monoisotopic (exact) mass is 196 g/mol. The number of fused-ring (bicyclic) bond motifs is 3. The molecule has 2 aromatic heterocycles. The average molecular weight is 196 g/mol. The smallest absolute Gasteiger partial charge is 0.138 e. The van der Waals surface area contributed by atoms with Crippen molar-refractivity contribution in [3.05, 3.63) is 41.6 Å². The van der Waals surface area contributed by atoms with Crippen molar-refractivity contribution in [3.63, 3.8) is 0 Å². The van der Waals surface area contributed by atoms with Crippen LogP contribution < -0.4 is 0 Å². The molecule has 2 heterocycles. The van der Waals surface area contributed by atoms with E-state index >= 15 is 0 Å². The summed E-state index contributed by atoms with van der Waals surface area (Å²) in [5.74, 6) is 0. The van der Waals surface area contributed by atoms with Crippen molar-refractivity contribution in [2.75, 3.05) is 0 Å². The van der Waals surface area contributed by atoms with Crippen molar-refractivity contribution >= 4 is 21.9 Å². The summed E-state index contributed by atoms with van der Waals surface area (Å²) in [6.45, 7) is 4.12. The van der Waals surface area contributed by atoms with Gasteiger partial charge in [0.1, 0.15) is 5.65 Å². The van der Waals surface area contributed by atoms with Gasteiger partial charge in [0.05, 0.1) is 0 Å². The van der Waals surface area contributed by atoms with Gasteiger partial charge >= 0.3 is 0 Å². The Bertz CT molecular complexity index is 650. The summed E-state index contributed by atoms with van der Waals surface area (Å²) in [6, 6.07) is 10.6. The fraction of sp³-hybridized carbons (Fsp3) is 0.154. The third-order valence-corrected chi connectivity index (χ3v) is 2.75. The predicted octanol–water partition coefficient (Wildman–Crippen LogP) is 3.33. The minimum atomic E-state index is 0.982. The molecule has 0 saturated carbocycles. The number of aromatic amines is 1. The van der Waals surface area contributed by atoms with Crippen LogP contribution in [0.15, 0.2) is 30.3 Å². The molecule has 0 unspecified atom stereocenters. The van der Waals surface area contributed by atoms with E-state index in [0.717, 1.165) is 16.9 Å². The van der Waals surface area contributed by atoms with Crippen LogP contribution >= 0.6 is 0 Å². The van der Waals surface area contributed by atoms with Gasteiger partial charge in [-0.3, -0.25) is 0 Å². The molecule has 2 nitrogen and oxygen atoms in total. The molecule has 3 aromatic rings. The average Bonchev–Trinajstić information content (AvgIpc) is 2.54. The summed E-state index contributed by atoms with van der Waals surface area (Å²) in [6.07, 6.45) is 0. The number of nitrogens with one attached hydrogen (secondary N) is 1. The largest absolute Gasteiger partial charge is 0.339 e. The molecule has 0 aliphatic heterocycles. The molecular weight excluding hydrogens is 184 g/mol. The highest BCUT2D eigenvalue weighted by Crippen LogP contribution is 2.24. The fourth-order valence-corrected chi connectivity index (χ4v) is 1.99. The summed E-state index contributed by atoms with van der Waals surface area (Å²) in [5.41, 5.74) is 4.47. The summed E-state index contributed by atoms with van der Waals surface area (Å²) >= 11 is 0. The molecular formula is C13H12N2. The molecule has 0 radical (unpaired) electrons. The van der Waals surface area contributed by atoms with Crippen LogP contribution in [0.25, 0.3) is 21.9 Å². The Balaban J connectivity index is 2.53. The topological polar surface area (TPSA) is 28.7 Å². The van der Waals surface area contributed by atoms with Gasteiger partial charge in [-0.1, -0.05) is 11.6 Å². The maximum Gasteiger partial charge on any atom is 0.138 e. The van der Waals surface area contributed by atoms with Gasteiger partial charge in [-0.2, -0.15) is 0 Å². The second-order valence-electron chi connectivity index (χ2n) is 4.02. The number of aromatic nitrogens is 2. The normalized spacial score (nSPS) is 11.3. The Kier molecular flexibility index (Phi) is 1.60. The van der Waals surface area contributed by atoms with E-state index in [0.29, 0.717) is 0 Å². The summed E-state index contributed by atoms with van der Waals surface area (Å²) in [5, 5.41) is 2.47. The zero-order chi connectivity index (χ0) is 10.4. The molecule has 0 bridgehead atoms. The quantitative estimate of drug-likeness (QED) is 0.587. The zero-order valence-electron chi connectivity index (χ0n) is 8.83. The molecule has 0 saturated heterocycles. The predicted molar refractivity (Wildman–Crippen MR) is 63.1 cm³/mol. The number of hydrogen-bond donors (Lipinski definition) is 1. The van der Waals surface area contributed by atoms with E-state index in [1.165, 1.54) is 16.3 Å². The second kappa shape index (κ2) is 2.83. The van der Waals surface area contributed by atoms with E-state index in [4.69, 9.17) is 0 Å². The molecule has 0 spiro atoms. The lowest BCUT2D eigenvalue weighted by atomic mass is 10.1. The van der Waals surface area contributed by atoms with Crippen LogP contribution in [0.3, 0.4) is 0 Å². The molecule has 1 N–H and O–H groups in total. The van der Waals surface area contributed by atoms with Crippen LogP contribution in [0.1, 0.15) is 11.3 Å². The minimum absolute atomic E-state index is 0.982. The van der Waals surface area contributed by atoms with Crippen LogP contribution in [-0.4, -0.2) is 9.97 Å². The van der Waals surface area contributed by atoms with Gasteiger partial charge < -0.3 is 4.98 Å². The van der Waals surface area contributed by atoms with Gasteiger partial charge in [0, 0.05) is 22.0 Å². The standard InChI is InChI=1S/C13H12N2/c1-8-3-6-12-11(7-8)10-5-4-9(2)14-13(10)15-12/h3-7H,1-2H3,(H,14,15). The lowest BCUT2D eigenvalue weighted by Crippen LogP contribution is -1.79. The molecule has 0 fully saturated rings. The fourth-order valence-electron chi connectivity index (χ4n) is 1.99. The van der Waals surface area contributed by atoms with Crippen molar-refractivity contribution in [2.24, 2.45) is 0 Å². The van der Waals surface area contributed by atoms with Crippen LogP contribution in [0.4, 0.5) is 0 Å². The van der Waals surface area contributed by atoms with E-state index in [2.05, 4.69) is 47.2 Å². The lowest BCUT2D eigenvalue weighted by molar-refractivity contribution is 1.23. The van der Waals surface area contributed by atoms with E-state index < -0.39 is 0 Å². The number of hydrogen-bond acceptors (Lipinski definition) is 1.